The van der Waals surface area contributed by atoms with Crippen LogP contribution in [0.5, 0.6) is 0 Å². The van der Waals surface area contributed by atoms with Gasteiger partial charge in [-0.05, 0) is 29.8 Å². The molecule has 1 heterocycles. The smallest absolute Gasteiger partial charge is 0.148 e. The highest BCUT2D eigenvalue weighted by Crippen LogP contribution is 2.23. The third-order valence-electron chi connectivity index (χ3n) is 2.09. The quantitative estimate of drug-likeness (QED) is 0.734. The van der Waals surface area contributed by atoms with Gasteiger partial charge in [0.1, 0.15) is 23.4 Å². The van der Waals surface area contributed by atoms with E-state index < -0.39 is 11.6 Å². The molecule has 16 heavy (non-hydrogen) atoms. The van der Waals surface area contributed by atoms with Crippen LogP contribution in [0.25, 0.3) is 11.1 Å². The minimum absolute atomic E-state index is 0.146. The molecule has 1 aromatic heterocycles. The van der Waals surface area contributed by atoms with E-state index >= 15 is 0 Å². The summed E-state index contributed by atoms with van der Waals surface area (Å²) in [6.45, 7) is 0. The summed E-state index contributed by atoms with van der Waals surface area (Å²) in [4.78, 5) is 3.83. The predicted octanol–water partition coefficient (Wildman–Crippen LogP) is 2.90. The second-order valence-electron chi connectivity index (χ2n) is 3.17. The summed E-state index contributed by atoms with van der Waals surface area (Å²) in [6, 6.07) is 8.20. The molecule has 0 unspecified atom stereocenters. The monoisotopic (exact) mass is 216 g/mol. The molecule has 2 nitrogen and oxygen atoms in total. The zero-order valence-electron chi connectivity index (χ0n) is 8.11. The number of nitriles is 1. The Morgan fingerprint density at radius 3 is 2.44 bits per heavy atom. The Hall–Kier alpha value is -2.28. The van der Waals surface area contributed by atoms with E-state index in [0.29, 0.717) is 11.1 Å². The largest absolute Gasteiger partial charge is 0.245 e. The van der Waals surface area contributed by atoms with Gasteiger partial charge in [-0.2, -0.15) is 5.26 Å². The molecule has 0 N–H and O–H groups in total. The fourth-order valence-corrected chi connectivity index (χ4v) is 1.44. The Kier molecular flexibility index (Phi) is 2.61. The molecule has 0 spiro atoms. The van der Waals surface area contributed by atoms with Gasteiger partial charge in [0.2, 0.25) is 0 Å². The van der Waals surface area contributed by atoms with Crippen molar-refractivity contribution in [3.8, 4) is 17.2 Å². The molecule has 0 saturated heterocycles. The molecule has 0 aliphatic heterocycles. The number of hydrogen-bond donors (Lipinski definition) is 0. The van der Waals surface area contributed by atoms with Crippen LogP contribution in [0.15, 0.2) is 36.5 Å². The van der Waals surface area contributed by atoms with E-state index in [2.05, 4.69) is 4.98 Å². The van der Waals surface area contributed by atoms with Gasteiger partial charge in [0, 0.05) is 17.8 Å². The van der Waals surface area contributed by atoms with Gasteiger partial charge in [-0.3, -0.25) is 0 Å². The molecule has 0 radical (unpaired) electrons. The molecule has 4 heteroatoms. The van der Waals surface area contributed by atoms with Crippen molar-refractivity contribution in [1.82, 2.24) is 4.98 Å². The zero-order chi connectivity index (χ0) is 11.5. The van der Waals surface area contributed by atoms with Crippen molar-refractivity contribution in [1.29, 1.82) is 5.26 Å². The summed E-state index contributed by atoms with van der Waals surface area (Å²) in [5.74, 6) is -1.36. The van der Waals surface area contributed by atoms with Crippen molar-refractivity contribution in [2.75, 3.05) is 0 Å². The molecule has 0 bridgehead atoms. The van der Waals surface area contributed by atoms with E-state index in [1.54, 1.807) is 12.1 Å². The summed E-state index contributed by atoms with van der Waals surface area (Å²) in [5.41, 5.74) is 0.873. The fraction of sp³-hybridized carbons (Fsp3) is 0. The molecule has 78 valence electrons. The molecule has 2 aromatic rings. The van der Waals surface area contributed by atoms with Crippen LogP contribution >= 0.6 is 0 Å². The summed E-state index contributed by atoms with van der Waals surface area (Å²) < 4.78 is 26.0. The van der Waals surface area contributed by atoms with Gasteiger partial charge in [-0.1, -0.05) is 0 Å². The maximum absolute atomic E-state index is 13.0. The average molecular weight is 216 g/mol. The molecule has 0 amide bonds. The molecule has 0 fully saturated rings. The third kappa shape index (κ3) is 1.89. The lowest BCUT2D eigenvalue weighted by molar-refractivity contribution is 0.584. The normalized spacial score (nSPS) is 9.81. The van der Waals surface area contributed by atoms with Crippen LogP contribution in [-0.4, -0.2) is 4.98 Å². The van der Waals surface area contributed by atoms with E-state index in [0.717, 1.165) is 6.07 Å². The van der Waals surface area contributed by atoms with E-state index in [1.807, 2.05) is 6.07 Å². The van der Waals surface area contributed by atoms with Crippen LogP contribution in [0.2, 0.25) is 0 Å². The number of benzene rings is 1. The zero-order valence-corrected chi connectivity index (χ0v) is 8.11. The Labute approximate surface area is 90.8 Å². The van der Waals surface area contributed by atoms with Gasteiger partial charge in [-0.15, -0.1) is 0 Å². The molecular weight excluding hydrogens is 210 g/mol. The molecule has 1 aromatic carbocycles. The lowest BCUT2D eigenvalue weighted by Gasteiger charge is -2.03. The number of nitrogens with zero attached hydrogens (tertiary/aromatic N) is 2. The first-order valence-corrected chi connectivity index (χ1v) is 4.52. The molecule has 2 rings (SSSR count). The minimum Gasteiger partial charge on any atom is -0.245 e. The second kappa shape index (κ2) is 4.07. The Morgan fingerprint density at radius 2 is 1.81 bits per heavy atom. The van der Waals surface area contributed by atoms with Gasteiger partial charge in [0.05, 0.1) is 0 Å². The lowest BCUT2D eigenvalue weighted by atomic mass is 10.0. The number of halogens is 2. The highest BCUT2D eigenvalue weighted by atomic mass is 19.1. The van der Waals surface area contributed by atoms with E-state index in [1.165, 1.54) is 18.3 Å². The minimum atomic E-state index is -0.678. The maximum Gasteiger partial charge on any atom is 0.148 e. The highest BCUT2D eigenvalue weighted by Gasteiger charge is 2.07. The highest BCUT2D eigenvalue weighted by molar-refractivity contribution is 5.68. The SMILES string of the molecule is N#Cc1ncccc1-c1cc(F)cc(F)c1. The van der Waals surface area contributed by atoms with Gasteiger partial charge < -0.3 is 0 Å². The van der Waals surface area contributed by atoms with Gasteiger partial charge >= 0.3 is 0 Å². The van der Waals surface area contributed by atoms with Gasteiger partial charge in [0.15, 0.2) is 0 Å². The second-order valence-corrected chi connectivity index (χ2v) is 3.17. The molecule has 0 atom stereocenters. The van der Waals surface area contributed by atoms with Crippen molar-refractivity contribution in [3.05, 3.63) is 53.9 Å². The molecule has 0 saturated carbocycles. The molecule has 0 aliphatic rings. The summed E-state index contributed by atoms with van der Waals surface area (Å²) in [7, 11) is 0. The number of hydrogen-bond acceptors (Lipinski definition) is 2. The Balaban J connectivity index is 2.63. The standard InChI is InChI=1S/C12H6F2N2/c13-9-4-8(5-10(14)6-9)11-2-1-3-16-12(11)7-15/h1-6H. The van der Waals surface area contributed by atoms with Crippen molar-refractivity contribution in [2.24, 2.45) is 0 Å². The lowest BCUT2D eigenvalue weighted by Crippen LogP contribution is -1.90. The van der Waals surface area contributed by atoms with Gasteiger partial charge in [0.25, 0.3) is 0 Å². The van der Waals surface area contributed by atoms with Gasteiger partial charge in [-0.25, -0.2) is 13.8 Å². The van der Waals surface area contributed by atoms with Crippen molar-refractivity contribution in [3.63, 3.8) is 0 Å². The third-order valence-corrected chi connectivity index (χ3v) is 2.09. The topological polar surface area (TPSA) is 36.7 Å². The molecular formula is C12H6F2N2. The van der Waals surface area contributed by atoms with Crippen LogP contribution in [0.4, 0.5) is 8.78 Å². The number of rotatable bonds is 1. The van der Waals surface area contributed by atoms with Crippen LogP contribution in [0.3, 0.4) is 0 Å². The number of aromatic nitrogens is 1. The summed E-state index contributed by atoms with van der Waals surface area (Å²) in [5, 5.41) is 8.82. The van der Waals surface area contributed by atoms with E-state index in [4.69, 9.17) is 5.26 Å². The van der Waals surface area contributed by atoms with Crippen LogP contribution in [0.1, 0.15) is 5.69 Å². The Morgan fingerprint density at radius 1 is 1.12 bits per heavy atom. The van der Waals surface area contributed by atoms with Crippen LogP contribution in [0, 0.1) is 23.0 Å². The van der Waals surface area contributed by atoms with Crippen molar-refractivity contribution < 1.29 is 8.78 Å². The van der Waals surface area contributed by atoms with E-state index in [-0.39, 0.29) is 5.69 Å². The van der Waals surface area contributed by atoms with Crippen molar-refractivity contribution >= 4 is 0 Å². The van der Waals surface area contributed by atoms with Crippen LogP contribution in [-0.2, 0) is 0 Å². The summed E-state index contributed by atoms with van der Waals surface area (Å²) in [6.07, 6.45) is 1.46. The first-order chi connectivity index (χ1) is 7.70. The number of pyridine rings is 1. The first-order valence-electron chi connectivity index (χ1n) is 4.52. The fourth-order valence-electron chi connectivity index (χ4n) is 1.44. The van der Waals surface area contributed by atoms with E-state index in [9.17, 15) is 8.78 Å². The average Bonchev–Trinajstić information content (AvgIpc) is 2.27. The first kappa shape index (κ1) is 10.2. The Bertz CT molecular complexity index is 553. The predicted molar refractivity (Wildman–Crippen MR) is 54.3 cm³/mol. The summed E-state index contributed by atoms with van der Waals surface area (Å²) >= 11 is 0. The van der Waals surface area contributed by atoms with Crippen LogP contribution < -0.4 is 0 Å². The van der Waals surface area contributed by atoms with Crippen molar-refractivity contribution in [2.45, 2.75) is 0 Å². The maximum atomic E-state index is 13.0. The molecule has 0 aliphatic carbocycles.